The Balaban J connectivity index is 3.65. The fourth-order valence-corrected chi connectivity index (χ4v) is 1.63. The molecule has 0 heterocycles. The summed E-state index contributed by atoms with van der Waals surface area (Å²) >= 11 is 0. The van der Waals surface area contributed by atoms with E-state index in [4.69, 9.17) is 0 Å². The quantitative estimate of drug-likeness (QED) is 0.656. The van der Waals surface area contributed by atoms with Crippen LogP contribution in [0.5, 0.6) is 0 Å². The molecular weight excluding hydrogens is 300 g/mol. The van der Waals surface area contributed by atoms with Gasteiger partial charge in [0, 0.05) is 5.54 Å². The first-order valence-corrected chi connectivity index (χ1v) is 5.88. The maximum atomic E-state index is 12.1. The summed E-state index contributed by atoms with van der Waals surface area (Å²) in [7, 11) is 0. The Morgan fingerprint density at radius 3 is 1.64 bits per heavy atom. The van der Waals surface area contributed by atoms with Crippen LogP contribution in [0.1, 0.15) is 31.1 Å². The highest BCUT2D eigenvalue weighted by molar-refractivity contribution is 6.03. The number of hydrogen-bond acceptors (Lipinski definition) is 7. The molecule has 0 saturated heterocycles. The second-order valence-electron chi connectivity index (χ2n) is 5.33. The van der Waals surface area contributed by atoms with Crippen LogP contribution >= 0.6 is 0 Å². The van der Waals surface area contributed by atoms with Crippen molar-refractivity contribution in [1.82, 2.24) is 5.32 Å². The normalized spacial score (nSPS) is 10.9. The molecule has 1 rings (SSSR count). The molecule has 118 valence electrons. The van der Waals surface area contributed by atoms with E-state index < -0.39 is 48.8 Å². The molecule has 0 aliphatic carbocycles. The minimum Gasteiger partial charge on any atom is -0.347 e. The molecule has 0 aromatic heterocycles. The molecule has 0 aliphatic rings. The summed E-state index contributed by atoms with van der Waals surface area (Å²) < 4.78 is 0. The zero-order chi connectivity index (χ0) is 17.2. The highest BCUT2D eigenvalue weighted by atomic mass is 16.6. The maximum Gasteiger partial charge on any atom is 0.296 e. The number of nitrogens with one attached hydrogen (secondary N) is 1. The zero-order valence-corrected chi connectivity index (χ0v) is 11.9. The largest absolute Gasteiger partial charge is 0.347 e. The fraction of sp³-hybridized carbons (Fsp3) is 0.364. The molecule has 0 spiro atoms. The predicted molar refractivity (Wildman–Crippen MR) is 73.6 cm³/mol. The molecule has 0 fully saturated rings. The van der Waals surface area contributed by atoms with Crippen LogP contribution in [0.25, 0.3) is 0 Å². The first-order chi connectivity index (χ1) is 9.94. The van der Waals surface area contributed by atoms with Crippen molar-refractivity contribution in [3.63, 3.8) is 0 Å². The zero-order valence-electron chi connectivity index (χ0n) is 11.9. The highest BCUT2D eigenvalue weighted by Gasteiger charge is 2.35. The fourth-order valence-electron chi connectivity index (χ4n) is 1.63. The lowest BCUT2D eigenvalue weighted by Crippen LogP contribution is -2.41. The van der Waals surface area contributed by atoms with E-state index in [0.29, 0.717) is 12.1 Å². The molecule has 22 heavy (non-hydrogen) atoms. The van der Waals surface area contributed by atoms with Crippen LogP contribution in [0.2, 0.25) is 0 Å². The van der Waals surface area contributed by atoms with Gasteiger partial charge in [0.2, 0.25) is 0 Å². The van der Waals surface area contributed by atoms with Crippen molar-refractivity contribution < 1.29 is 19.6 Å². The Morgan fingerprint density at radius 1 is 0.955 bits per heavy atom. The number of benzene rings is 1. The summed E-state index contributed by atoms with van der Waals surface area (Å²) in [6, 6.07) is 1.04. The SMILES string of the molecule is CC(C)(C)NC(=O)c1c([N+](=O)[O-])cc([N+](=O)[O-])cc1[N+](=O)[O-]. The molecule has 0 saturated carbocycles. The van der Waals surface area contributed by atoms with Crippen LogP contribution in [-0.2, 0) is 0 Å². The van der Waals surface area contributed by atoms with E-state index >= 15 is 0 Å². The summed E-state index contributed by atoms with van der Waals surface area (Å²) in [5.41, 5.74) is -4.47. The van der Waals surface area contributed by atoms with Crippen LogP contribution in [-0.4, -0.2) is 26.2 Å². The first-order valence-electron chi connectivity index (χ1n) is 5.88. The standard InChI is InChI=1S/C11H12N4O7/c1-11(2,3)12-10(16)9-7(14(19)20)4-6(13(17)18)5-8(9)15(21)22/h4-5H,1-3H3,(H,12,16). The molecule has 11 nitrogen and oxygen atoms in total. The molecule has 0 unspecified atom stereocenters. The van der Waals surface area contributed by atoms with E-state index in [9.17, 15) is 35.1 Å². The predicted octanol–water partition coefficient (Wildman–Crippen LogP) is 1.94. The van der Waals surface area contributed by atoms with Crippen LogP contribution in [0, 0.1) is 30.3 Å². The lowest BCUT2D eigenvalue weighted by molar-refractivity contribution is -0.403. The molecule has 1 aromatic rings. The van der Waals surface area contributed by atoms with Crippen molar-refractivity contribution in [3.05, 3.63) is 48.0 Å². The molecule has 1 N–H and O–H groups in total. The number of non-ortho nitro benzene ring substituents is 1. The molecule has 0 atom stereocenters. The van der Waals surface area contributed by atoms with Gasteiger partial charge in [-0.15, -0.1) is 0 Å². The minimum absolute atomic E-state index is 0.518. The molecule has 0 radical (unpaired) electrons. The molecule has 11 heteroatoms. The number of nitro benzene ring substituents is 3. The topological polar surface area (TPSA) is 159 Å². The van der Waals surface area contributed by atoms with E-state index in [0.717, 1.165) is 0 Å². The number of amides is 1. The average molecular weight is 312 g/mol. The van der Waals surface area contributed by atoms with E-state index in [1.165, 1.54) is 0 Å². The lowest BCUT2D eigenvalue weighted by atomic mass is 10.0. The van der Waals surface area contributed by atoms with Gasteiger partial charge in [0.25, 0.3) is 23.0 Å². The van der Waals surface area contributed by atoms with Crippen molar-refractivity contribution in [2.45, 2.75) is 26.3 Å². The van der Waals surface area contributed by atoms with Crippen molar-refractivity contribution in [2.75, 3.05) is 0 Å². The van der Waals surface area contributed by atoms with E-state index in [1.807, 2.05) is 0 Å². The van der Waals surface area contributed by atoms with Crippen LogP contribution < -0.4 is 5.32 Å². The van der Waals surface area contributed by atoms with Crippen LogP contribution in [0.15, 0.2) is 12.1 Å². The van der Waals surface area contributed by atoms with Gasteiger partial charge in [0.1, 0.15) is 0 Å². The van der Waals surface area contributed by atoms with Gasteiger partial charge in [0.15, 0.2) is 5.56 Å². The third-order valence-electron chi connectivity index (χ3n) is 2.40. The van der Waals surface area contributed by atoms with E-state index in [-0.39, 0.29) is 0 Å². The van der Waals surface area contributed by atoms with E-state index in [1.54, 1.807) is 20.8 Å². The monoisotopic (exact) mass is 312 g/mol. The third kappa shape index (κ3) is 3.71. The van der Waals surface area contributed by atoms with Gasteiger partial charge < -0.3 is 5.32 Å². The smallest absolute Gasteiger partial charge is 0.296 e. The Kier molecular flexibility index (Phi) is 4.40. The van der Waals surface area contributed by atoms with Crippen LogP contribution in [0.3, 0.4) is 0 Å². The molecule has 0 aliphatic heterocycles. The maximum absolute atomic E-state index is 12.1. The van der Waals surface area contributed by atoms with Crippen molar-refractivity contribution in [2.24, 2.45) is 0 Å². The van der Waals surface area contributed by atoms with Gasteiger partial charge >= 0.3 is 0 Å². The Hall–Kier alpha value is -3.11. The second-order valence-corrected chi connectivity index (χ2v) is 5.33. The minimum atomic E-state index is -1.07. The lowest BCUT2D eigenvalue weighted by Gasteiger charge is -2.20. The first kappa shape index (κ1) is 16.9. The van der Waals surface area contributed by atoms with Gasteiger partial charge in [0.05, 0.1) is 26.9 Å². The third-order valence-corrected chi connectivity index (χ3v) is 2.40. The Morgan fingerprint density at radius 2 is 1.36 bits per heavy atom. The number of nitro groups is 3. The number of carbonyl (C=O) groups is 1. The van der Waals surface area contributed by atoms with Crippen molar-refractivity contribution in [3.8, 4) is 0 Å². The van der Waals surface area contributed by atoms with Gasteiger partial charge in [-0.1, -0.05) is 0 Å². The highest BCUT2D eigenvalue weighted by Crippen LogP contribution is 2.33. The second kappa shape index (κ2) is 5.71. The van der Waals surface area contributed by atoms with E-state index in [2.05, 4.69) is 5.32 Å². The van der Waals surface area contributed by atoms with Crippen LogP contribution in [0.4, 0.5) is 17.1 Å². The van der Waals surface area contributed by atoms with Crippen molar-refractivity contribution in [1.29, 1.82) is 0 Å². The molecule has 0 bridgehead atoms. The van der Waals surface area contributed by atoms with Gasteiger partial charge in [-0.3, -0.25) is 35.1 Å². The van der Waals surface area contributed by atoms with Gasteiger partial charge in [-0.25, -0.2) is 0 Å². The molecular formula is C11H12N4O7. The summed E-state index contributed by atoms with van der Waals surface area (Å²) in [5, 5.41) is 35.1. The summed E-state index contributed by atoms with van der Waals surface area (Å²) in [5.74, 6) is -1.05. The summed E-state index contributed by atoms with van der Waals surface area (Å²) in [6.07, 6.45) is 0. The number of rotatable bonds is 4. The average Bonchev–Trinajstić information content (AvgIpc) is 2.34. The number of nitrogens with zero attached hydrogens (tertiary/aromatic N) is 3. The van der Waals surface area contributed by atoms with Gasteiger partial charge in [-0.2, -0.15) is 0 Å². The Labute approximate surface area is 123 Å². The molecule has 1 amide bonds. The number of hydrogen-bond donors (Lipinski definition) is 1. The van der Waals surface area contributed by atoms with Crippen molar-refractivity contribution >= 4 is 23.0 Å². The molecule has 1 aromatic carbocycles. The number of carbonyl (C=O) groups excluding carboxylic acids is 1. The van der Waals surface area contributed by atoms with Gasteiger partial charge in [-0.05, 0) is 20.8 Å². The summed E-state index contributed by atoms with van der Waals surface area (Å²) in [6.45, 7) is 4.73. The summed E-state index contributed by atoms with van der Waals surface area (Å²) in [4.78, 5) is 41.7. The Bertz CT molecular complexity index is 643.